The molecule has 21 heavy (non-hydrogen) atoms. The summed E-state index contributed by atoms with van der Waals surface area (Å²) in [6, 6.07) is 11.3. The number of carbonyl (C=O) groups is 1. The number of phenols is 1. The molecule has 0 atom stereocenters. The maximum atomic E-state index is 11.9. The summed E-state index contributed by atoms with van der Waals surface area (Å²) in [4.78, 5) is 11.9. The van der Waals surface area contributed by atoms with Crippen LogP contribution < -0.4 is 10.2 Å². The molecule has 108 valence electrons. The average Bonchev–Trinajstić information content (AvgIpc) is 2.49. The second-order valence-electron chi connectivity index (χ2n) is 4.11. The largest absolute Gasteiger partial charge is 0.508 e. The van der Waals surface area contributed by atoms with Crippen LogP contribution in [0.1, 0.15) is 15.9 Å². The molecule has 2 N–H and O–H groups in total. The number of ether oxygens (including phenoxy) is 1. The quantitative estimate of drug-likeness (QED) is 0.674. The maximum absolute atomic E-state index is 11.9. The van der Waals surface area contributed by atoms with Crippen LogP contribution in [0.4, 0.5) is 0 Å². The molecule has 2 aromatic rings. The van der Waals surface area contributed by atoms with Crippen LogP contribution in [-0.2, 0) is 0 Å². The summed E-state index contributed by atoms with van der Waals surface area (Å²) in [5.41, 5.74) is 3.34. The SMILES string of the molecule is COc1cc(O)ccc1C=NNC(=O)c1ccccc1Cl. The fourth-order valence-electron chi connectivity index (χ4n) is 1.67. The molecule has 5 nitrogen and oxygen atoms in total. The highest BCUT2D eigenvalue weighted by molar-refractivity contribution is 6.33. The summed E-state index contributed by atoms with van der Waals surface area (Å²) in [7, 11) is 1.48. The number of hydrogen-bond donors (Lipinski definition) is 2. The Hall–Kier alpha value is -2.53. The highest BCUT2D eigenvalue weighted by Crippen LogP contribution is 2.22. The smallest absolute Gasteiger partial charge is 0.272 e. The van der Waals surface area contributed by atoms with E-state index in [1.807, 2.05) is 0 Å². The summed E-state index contributed by atoms with van der Waals surface area (Å²) in [6.45, 7) is 0. The van der Waals surface area contributed by atoms with Gasteiger partial charge in [-0.15, -0.1) is 0 Å². The van der Waals surface area contributed by atoms with E-state index in [4.69, 9.17) is 16.3 Å². The Labute approximate surface area is 126 Å². The lowest BCUT2D eigenvalue weighted by Gasteiger charge is -2.05. The molecule has 0 spiro atoms. The van der Waals surface area contributed by atoms with E-state index >= 15 is 0 Å². The average molecular weight is 305 g/mol. The topological polar surface area (TPSA) is 70.9 Å². The normalized spacial score (nSPS) is 10.6. The standard InChI is InChI=1S/C15H13ClN2O3/c1-21-14-8-11(19)7-6-10(14)9-17-18-15(20)12-4-2-3-5-13(12)16/h2-9,19H,1H3,(H,18,20). The van der Waals surface area contributed by atoms with Gasteiger partial charge in [0.15, 0.2) is 0 Å². The minimum Gasteiger partial charge on any atom is -0.508 e. The Bertz CT molecular complexity index is 686. The van der Waals surface area contributed by atoms with E-state index in [1.54, 1.807) is 30.3 Å². The van der Waals surface area contributed by atoms with Crippen molar-refractivity contribution in [3.8, 4) is 11.5 Å². The molecule has 6 heteroatoms. The van der Waals surface area contributed by atoms with E-state index in [9.17, 15) is 9.90 Å². The van der Waals surface area contributed by atoms with Gasteiger partial charge in [0.25, 0.3) is 5.91 Å². The van der Waals surface area contributed by atoms with Crippen molar-refractivity contribution in [2.24, 2.45) is 5.10 Å². The Morgan fingerprint density at radius 3 is 2.81 bits per heavy atom. The summed E-state index contributed by atoms with van der Waals surface area (Å²) in [6.07, 6.45) is 1.42. The first-order valence-corrected chi connectivity index (χ1v) is 6.44. The third kappa shape index (κ3) is 3.73. The zero-order valence-corrected chi connectivity index (χ0v) is 12.0. The van der Waals surface area contributed by atoms with Crippen LogP contribution in [-0.4, -0.2) is 24.3 Å². The number of hydrogen-bond acceptors (Lipinski definition) is 4. The highest BCUT2D eigenvalue weighted by atomic mass is 35.5. The van der Waals surface area contributed by atoms with Crippen LogP contribution in [0.5, 0.6) is 11.5 Å². The van der Waals surface area contributed by atoms with Gasteiger partial charge in [0.1, 0.15) is 11.5 Å². The van der Waals surface area contributed by atoms with Gasteiger partial charge >= 0.3 is 0 Å². The molecule has 0 saturated heterocycles. The Morgan fingerprint density at radius 2 is 2.10 bits per heavy atom. The molecule has 0 aliphatic rings. The van der Waals surface area contributed by atoms with Crippen molar-refractivity contribution in [2.75, 3.05) is 7.11 Å². The lowest BCUT2D eigenvalue weighted by molar-refractivity contribution is 0.0955. The molecule has 0 fully saturated rings. The molecule has 0 heterocycles. The molecule has 0 aliphatic carbocycles. The van der Waals surface area contributed by atoms with Crippen molar-refractivity contribution in [1.29, 1.82) is 0 Å². The van der Waals surface area contributed by atoms with E-state index in [0.29, 0.717) is 21.9 Å². The van der Waals surface area contributed by atoms with Crippen molar-refractivity contribution in [3.63, 3.8) is 0 Å². The number of hydrazone groups is 1. The van der Waals surface area contributed by atoms with E-state index in [1.165, 1.54) is 25.5 Å². The molecule has 2 rings (SSSR count). The van der Waals surface area contributed by atoms with Crippen LogP contribution in [0.3, 0.4) is 0 Å². The van der Waals surface area contributed by atoms with Crippen LogP contribution in [0.2, 0.25) is 5.02 Å². The minimum absolute atomic E-state index is 0.0871. The number of phenolic OH excluding ortho intramolecular Hbond substituents is 1. The lowest BCUT2D eigenvalue weighted by atomic mass is 10.2. The molecular weight excluding hydrogens is 292 g/mol. The number of halogens is 1. The summed E-state index contributed by atoms with van der Waals surface area (Å²) in [5.74, 6) is 0.129. The molecule has 1 amide bonds. The number of rotatable bonds is 4. The third-order valence-corrected chi connectivity index (χ3v) is 3.03. The van der Waals surface area contributed by atoms with Gasteiger partial charge in [0.2, 0.25) is 0 Å². The number of methoxy groups -OCH3 is 1. The van der Waals surface area contributed by atoms with Gasteiger partial charge in [-0.1, -0.05) is 23.7 Å². The zero-order valence-electron chi connectivity index (χ0n) is 11.2. The molecule has 0 aromatic heterocycles. The second kappa shape index (κ2) is 6.76. The van der Waals surface area contributed by atoms with Gasteiger partial charge in [0, 0.05) is 11.6 Å². The molecular formula is C15H13ClN2O3. The van der Waals surface area contributed by atoms with Crippen molar-refractivity contribution in [2.45, 2.75) is 0 Å². The fraction of sp³-hybridized carbons (Fsp3) is 0.0667. The lowest BCUT2D eigenvalue weighted by Crippen LogP contribution is -2.18. The van der Waals surface area contributed by atoms with Gasteiger partial charge in [-0.25, -0.2) is 5.43 Å². The molecule has 0 unspecified atom stereocenters. The summed E-state index contributed by atoms with van der Waals surface area (Å²) >= 11 is 5.92. The fourth-order valence-corrected chi connectivity index (χ4v) is 1.89. The van der Waals surface area contributed by atoms with Crippen LogP contribution in [0.15, 0.2) is 47.6 Å². The van der Waals surface area contributed by atoms with E-state index < -0.39 is 5.91 Å². The molecule has 0 bridgehead atoms. The first-order chi connectivity index (χ1) is 10.1. The number of amides is 1. The molecule has 0 radical (unpaired) electrons. The predicted octanol–water partition coefficient (Wildman–Crippen LogP) is 2.82. The predicted molar refractivity (Wildman–Crippen MR) is 81.2 cm³/mol. The van der Waals surface area contributed by atoms with Gasteiger partial charge in [-0.2, -0.15) is 5.10 Å². The first kappa shape index (κ1) is 14.9. The van der Waals surface area contributed by atoms with Gasteiger partial charge in [-0.05, 0) is 24.3 Å². The Morgan fingerprint density at radius 1 is 1.33 bits per heavy atom. The van der Waals surface area contributed by atoms with Gasteiger partial charge in [0.05, 0.1) is 23.9 Å². The third-order valence-electron chi connectivity index (χ3n) is 2.71. The minimum atomic E-state index is -0.408. The number of carbonyl (C=O) groups excluding carboxylic acids is 1. The van der Waals surface area contributed by atoms with Gasteiger partial charge in [-0.3, -0.25) is 4.79 Å². The highest BCUT2D eigenvalue weighted by Gasteiger charge is 2.08. The first-order valence-electron chi connectivity index (χ1n) is 6.06. The van der Waals surface area contributed by atoms with Crippen molar-refractivity contribution in [3.05, 3.63) is 58.6 Å². The number of aromatic hydroxyl groups is 1. The number of nitrogens with zero attached hydrogens (tertiary/aromatic N) is 1. The van der Waals surface area contributed by atoms with Crippen LogP contribution >= 0.6 is 11.6 Å². The maximum Gasteiger partial charge on any atom is 0.272 e. The number of benzene rings is 2. The van der Waals surface area contributed by atoms with Crippen molar-refractivity contribution >= 4 is 23.7 Å². The van der Waals surface area contributed by atoms with Crippen LogP contribution in [0.25, 0.3) is 0 Å². The Balaban J connectivity index is 2.09. The monoisotopic (exact) mass is 304 g/mol. The van der Waals surface area contributed by atoms with Crippen LogP contribution in [0, 0.1) is 0 Å². The van der Waals surface area contributed by atoms with Gasteiger partial charge < -0.3 is 9.84 Å². The molecule has 0 saturated carbocycles. The summed E-state index contributed by atoms with van der Waals surface area (Å²) < 4.78 is 5.10. The molecule has 2 aromatic carbocycles. The van der Waals surface area contributed by atoms with E-state index in [0.717, 1.165) is 0 Å². The number of nitrogens with one attached hydrogen (secondary N) is 1. The summed E-state index contributed by atoms with van der Waals surface area (Å²) in [5, 5.41) is 13.6. The van der Waals surface area contributed by atoms with E-state index in [-0.39, 0.29) is 5.75 Å². The van der Waals surface area contributed by atoms with Crippen molar-refractivity contribution in [1.82, 2.24) is 5.43 Å². The molecule has 0 aliphatic heterocycles. The Kier molecular flexibility index (Phi) is 4.79. The zero-order chi connectivity index (χ0) is 15.2. The second-order valence-corrected chi connectivity index (χ2v) is 4.51. The van der Waals surface area contributed by atoms with E-state index in [2.05, 4.69) is 10.5 Å². The van der Waals surface area contributed by atoms with Crippen molar-refractivity contribution < 1.29 is 14.6 Å².